The molecule has 0 spiro atoms. The fourth-order valence-electron chi connectivity index (χ4n) is 1.74. The maximum Gasteiger partial charge on any atom is 0.182 e. The topological polar surface area (TPSA) is 57.9 Å². The Kier molecular flexibility index (Phi) is 4.26. The fourth-order valence-corrected chi connectivity index (χ4v) is 3.35. The van der Waals surface area contributed by atoms with Crippen LogP contribution >= 0.6 is 11.6 Å². The van der Waals surface area contributed by atoms with Gasteiger partial charge in [0.15, 0.2) is 9.84 Å². The molecule has 0 fully saturated rings. The summed E-state index contributed by atoms with van der Waals surface area (Å²) in [6.07, 6.45) is 0. The molecule has 0 aliphatic rings. The Hall–Kier alpha value is -1.97. The summed E-state index contributed by atoms with van der Waals surface area (Å²) in [5.41, 5.74) is -0.366. The molecule has 21 heavy (non-hydrogen) atoms. The number of halogens is 3. The third-order valence-corrected chi connectivity index (χ3v) is 4.75. The smallest absolute Gasteiger partial charge is 0.182 e. The highest BCUT2D eigenvalue weighted by Gasteiger charge is 2.20. The van der Waals surface area contributed by atoms with Crippen LogP contribution in [0.4, 0.5) is 8.78 Å². The number of rotatable bonds is 3. The van der Waals surface area contributed by atoms with Crippen molar-refractivity contribution in [2.75, 3.05) is 0 Å². The molecule has 2 aromatic rings. The van der Waals surface area contributed by atoms with Crippen LogP contribution in [0.3, 0.4) is 0 Å². The first-order chi connectivity index (χ1) is 9.85. The molecule has 108 valence electrons. The molecular weight excluding hydrogens is 320 g/mol. The summed E-state index contributed by atoms with van der Waals surface area (Å²) >= 11 is 5.55. The molecule has 0 radical (unpaired) electrons. The lowest BCUT2D eigenvalue weighted by Crippen LogP contribution is -2.07. The van der Waals surface area contributed by atoms with Crippen molar-refractivity contribution >= 4 is 21.4 Å². The van der Waals surface area contributed by atoms with Gasteiger partial charge in [-0.25, -0.2) is 17.2 Å². The Balaban J connectivity index is 2.43. The number of nitrogens with zero attached hydrogens (tertiary/aromatic N) is 1. The van der Waals surface area contributed by atoms with Crippen molar-refractivity contribution in [2.24, 2.45) is 0 Å². The van der Waals surface area contributed by atoms with Crippen LogP contribution in [0.2, 0.25) is 5.02 Å². The summed E-state index contributed by atoms with van der Waals surface area (Å²) in [4.78, 5) is -0.212. The summed E-state index contributed by atoms with van der Waals surface area (Å²) in [7, 11) is -3.90. The van der Waals surface area contributed by atoms with E-state index in [2.05, 4.69) is 0 Å². The molecule has 7 heteroatoms. The van der Waals surface area contributed by atoms with Crippen molar-refractivity contribution in [2.45, 2.75) is 10.6 Å². The minimum absolute atomic E-state index is 0.130. The second-order valence-electron chi connectivity index (χ2n) is 4.23. The van der Waals surface area contributed by atoms with Crippen LogP contribution in [0.5, 0.6) is 0 Å². The Morgan fingerprint density at radius 2 is 1.90 bits per heavy atom. The van der Waals surface area contributed by atoms with Crippen molar-refractivity contribution in [3.05, 3.63) is 64.2 Å². The molecule has 0 bridgehead atoms. The van der Waals surface area contributed by atoms with Gasteiger partial charge in [-0.3, -0.25) is 0 Å². The summed E-state index contributed by atoms with van der Waals surface area (Å²) in [5.74, 6) is -2.26. The van der Waals surface area contributed by atoms with Gasteiger partial charge < -0.3 is 0 Å². The van der Waals surface area contributed by atoms with E-state index in [-0.39, 0.29) is 21.0 Å². The van der Waals surface area contributed by atoms with E-state index < -0.39 is 27.2 Å². The molecular formula is C14H8ClF2NO2S. The monoisotopic (exact) mass is 327 g/mol. The number of sulfone groups is 1. The average molecular weight is 328 g/mol. The lowest BCUT2D eigenvalue weighted by molar-refractivity contribution is 0.585. The summed E-state index contributed by atoms with van der Waals surface area (Å²) in [6, 6.07) is 8.51. The van der Waals surface area contributed by atoms with Gasteiger partial charge in [0, 0.05) is 5.56 Å². The van der Waals surface area contributed by atoms with E-state index in [1.165, 1.54) is 18.2 Å². The lowest BCUT2D eigenvalue weighted by Gasteiger charge is -2.07. The van der Waals surface area contributed by atoms with Gasteiger partial charge in [-0.15, -0.1) is 0 Å². The van der Waals surface area contributed by atoms with Crippen LogP contribution in [0, 0.1) is 23.0 Å². The highest BCUT2D eigenvalue weighted by atomic mass is 35.5. The Morgan fingerprint density at radius 1 is 1.19 bits per heavy atom. The van der Waals surface area contributed by atoms with Gasteiger partial charge in [-0.1, -0.05) is 23.7 Å². The maximum absolute atomic E-state index is 13.9. The highest BCUT2D eigenvalue weighted by molar-refractivity contribution is 7.90. The van der Waals surface area contributed by atoms with Crippen molar-refractivity contribution in [3.8, 4) is 6.07 Å². The Morgan fingerprint density at radius 3 is 2.52 bits per heavy atom. The number of hydrogen-bond donors (Lipinski definition) is 0. The molecule has 2 rings (SSSR count). The third-order valence-electron chi connectivity index (χ3n) is 2.79. The van der Waals surface area contributed by atoms with E-state index in [9.17, 15) is 17.2 Å². The van der Waals surface area contributed by atoms with E-state index in [0.29, 0.717) is 0 Å². The second kappa shape index (κ2) is 5.80. The van der Waals surface area contributed by atoms with Crippen LogP contribution in [0.1, 0.15) is 11.1 Å². The van der Waals surface area contributed by atoms with Crippen molar-refractivity contribution < 1.29 is 17.2 Å². The van der Waals surface area contributed by atoms with Gasteiger partial charge in [0.2, 0.25) is 0 Å². The molecule has 3 nitrogen and oxygen atoms in total. The molecule has 0 saturated heterocycles. The van der Waals surface area contributed by atoms with Crippen molar-refractivity contribution in [3.63, 3.8) is 0 Å². The summed E-state index contributed by atoms with van der Waals surface area (Å²) < 4.78 is 51.3. The molecule has 0 unspecified atom stereocenters. The number of nitriles is 1. The first-order valence-electron chi connectivity index (χ1n) is 5.70. The summed E-state index contributed by atoms with van der Waals surface area (Å²) in [6.45, 7) is 0. The molecule has 0 amide bonds. The van der Waals surface area contributed by atoms with Crippen LogP contribution in [-0.4, -0.2) is 8.42 Å². The SMILES string of the molecule is N#Cc1cccc(CS(=O)(=O)c2ccc(F)c(Cl)c2)c1F. The zero-order valence-corrected chi connectivity index (χ0v) is 12.0. The van der Waals surface area contributed by atoms with Gasteiger partial charge >= 0.3 is 0 Å². The lowest BCUT2D eigenvalue weighted by atomic mass is 10.1. The minimum Gasteiger partial charge on any atom is -0.223 e. The van der Waals surface area contributed by atoms with Gasteiger partial charge in [0.25, 0.3) is 0 Å². The standard InChI is InChI=1S/C14H8ClF2NO2S/c15-12-6-11(4-5-13(12)16)21(19,20)8-10-3-1-2-9(7-18)14(10)17/h1-6H,8H2. The highest BCUT2D eigenvalue weighted by Crippen LogP contribution is 2.24. The first-order valence-corrected chi connectivity index (χ1v) is 7.73. The molecule has 0 aliphatic heterocycles. The predicted octanol–water partition coefficient (Wildman–Crippen LogP) is 3.46. The van der Waals surface area contributed by atoms with E-state index in [1.807, 2.05) is 0 Å². The predicted molar refractivity (Wildman–Crippen MR) is 73.4 cm³/mol. The normalized spacial score (nSPS) is 11.1. The van der Waals surface area contributed by atoms with Gasteiger partial charge in [0.1, 0.15) is 17.7 Å². The maximum atomic E-state index is 13.9. The third kappa shape index (κ3) is 3.20. The van der Waals surface area contributed by atoms with Crippen molar-refractivity contribution in [1.29, 1.82) is 5.26 Å². The van der Waals surface area contributed by atoms with Gasteiger partial charge in [-0.2, -0.15) is 5.26 Å². The quantitative estimate of drug-likeness (QED) is 0.811. The number of hydrogen-bond acceptors (Lipinski definition) is 3. The van der Waals surface area contributed by atoms with E-state index in [0.717, 1.165) is 18.2 Å². The van der Waals surface area contributed by atoms with Gasteiger partial charge in [-0.05, 0) is 24.3 Å². The molecule has 0 aromatic heterocycles. The van der Waals surface area contributed by atoms with Crippen LogP contribution in [0.25, 0.3) is 0 Å². The molecule has 0 atom stereocenters. The minimum atomic E-state index is -3.90. The van der Waals surface area contributed by atoms with Crippen LogP contribution in [0.15, 0.2) is 41.3 Å². The Bertz CT molecular complexity index is 845. The van der Waals surface area contributed by atoms with E-state index in [4.69, 9.17) is 16.9 Å². The largest absolute Gasteiger partial charge is 0.223 e. The molecule has 0 heterocycles. The van der Waals surface area contributed by atoms with E-state index in [1.54, 1.807) is 6.07 Å². The zero-order chi connectivity index (χ0) is 15.6. The van der Waals surface area contributed by atoms with Gasteiger partial charge in [0.05, 0.1) is 21.2 Å². The molecule has 0 aliphatic carbocycles. The van der Waals surface area contributed by atoms with Crippen LogP contribution in [-0.2, 0) is 15.6 Å². The number of benzene rings is 2. The molecule has 0 N–H and O–H groups in total. The van der Waals surface area contributed by atoms with Crippen LogP contribution < -0.4 is 0 Å². The van der Waals surface area contributed by atoms with E-state index >= 15 is 0 Å². The first kappa shape index (κ1) is 15.4. The summed E-state index contributed by atoms with van der Waals surface area (Å²) in [5, 5.41) is 8.40. The molecule has 0 saturated carbocycles. The van der Waals surface area contributed by atoms with Crippen molar-refractivity contribution in [1.82, 2.24) is 0 Å². The Labute approximate surface area is 125 Å². The second-order valence-corrected chi connectivity index (χ2v) is 6.62. The average Bonchev–Trinajstić information content (AvgIpc) is 2.44. The fraction of sp³-hybridized carbons (Fsp3) is 0.0714. The zero-order valence-electron chi connectivity index (χ0n) is 10.5. The molecule has 2 aromatic carbocycles.